The lowest BCUT2D eigenvalue weighted by molar-refractivity contribution is 0.0526. The van der Waals surface area contributed by atoms with Gasteiger partial charge in [0, 0.05) is 60.3 Å². The number of aromatic hydroxyl groups is 1. The maximum atomic E-state index is 13.4. The summed E-state index contributed by atoms with van der Waals surface area (Å²) >= 11 is 0. The van der Waals surface area contributed by atoms with Crippen molar-refractivity contribution in [2.45, 2.75) is 52.0 Å². The standard InChI is InChI=1S/C34H41N3O5/c1-4-40-34(39)28-22(2)42-33-27-21-25(41-20-6-9-23-7-5-8-23)10-11-26(27)32(38)30(29(28)33)31(24-12-14-35-15-13-24)37-18-16-36(3)17-19-37/h10-15,21,23,31,38H,4-9,16-20H2,1-3H3. The number of hydrogen-bond donors (Lipinski definition) is 1. The average molecular weight is 572 g/mol. The van der Waals surface area contributed by atoms with Crippen molar-refractivity contribution in [2.75, 3.05) is 46.4 Å². The molecule has 42 heavy (non-hydrogen) atoms. The summed E-state index contributed by atoms with van der Waals surface area (Å²) in [4.78, 5) is 22.3. The summed E-state index contributed by atoms with van der Waals surface area (Å²) in [5, 5.41) is 14.1. The molecule has 4 aromatic rings. The number of furan rings is 1. The van der Waals surface area contributed by atoms with Crippen LogP contribution in [0.3, 0.4) is 0 Å². The summed E-state index contributed by atoms with van der Waals surface area (Å²) < 4.78 is 18.1. The lowest BCUT2D eigenvalue weighted by atomic mass is 9.82. The number of phenolic OH excluding ortho intramolecular Hbond substituents is 1. The molecule has 2 aromatic heterocycles. The summed E-state index contributed by atoms with van der Waals surface area (Å²) in [6.45, 7) is 7.88. The molecule has 1 saturated heterocycles. The fourth-order valence-electron chi connectivity index (χ4n) is 6.51. The first kappa shape index (κ1) is 28.5. The fourth-order valence-corrected chi connectivity index (χ4v) is 6.51. The summed E-state index contributed by atoms with van der Waals surface area (Å²) in [5.41, 5.74) is 2.57. The largest absolute Gasteiger partial charge is 0.507 e. The number of rotatable bonds is 10. The van der Waals surface area contributed by atoms with Crippen molar-refractivity contribution in [1.29, 1.82) is 0 Å². The molecule has 0 bridgehead atoms. The number of hydrogen-bond acceptors (Lipinski definition) is 8. The predicted molar refractivity (Wildman–Crippen MR) is 163 cm³/mol. The molecule has 222 valence electrons. The molecule has 1 aliphatic carbocycles. The molecule has 0 spiro atoms. The van der Waals surface area contributed by atoms with E-state index in [1.807, 2.05) is 30.3 Å². The highest BCUT2D eigenvalue weighted by molar-refractivity contribution is 6.17. The Morgan fingerprint density at radius 1 is 1.12 bits per heavy atom. The zero-order chi connectivity index (χ0) is 29.2. The van der Waals surface area contributed by atoms with Gasteiger partial charge in [0.1, 0.15) is 28.4 Å². The maximum Gasteiger partial charge on any atom is 0.342 e. The number of likely N-dealkylation sites (N-methyl/N-ethyl adjacent to an activating group) is 1. The maximum absolute atomic E-state index is 13.4. The molecule has 6 rings (SSSR count). The number of carbonyl (C=O) groups excluding carboxylic acids is 1. The summed E-state index contributed by atoms with van der Waals surface area (Å²) in [6, 6.07) is 9.40. The molecular formula is C34H41N3O5. The normalized spacial score (nSPS) is 17.4. The van der Waals surface area contributed by atoms with Gasteiger partial charge in [-0.25, -0.2) is 4.79 Å². The molecular weight excluding hydrogens is 530 g/mol. The Morgan fingerprint density at radius 2 is 1.88 bits per heavy atom. The van der Waals surface area contributed by atoms with E-state index in [0.29, 0.717) is 45.2 Å². The van der Waals surface area contributed by atoms with Crippen LogP contribution in [0.5, 0.6) is 11.5 Å². The van der Waals surface area contributed by atoms with Gasteiger partial charge in [-0.1, -0.05) is 19.3 Å². The van der Waals surface area contributed by atoms with Crippen molar-refractivity contribution >= 4 is 27.7 Å². The number of aryl methyl sites for hydroxylation is 1. The lowest BCUT2D eigenvalue weighted by Gasteiger charge is -2.39. The van der Waals surface area contributed by atoms with Crippen molar-refractivity contribution in [3.63, 3.8) is 0 Å². The van der Waals surface area contributed by atoms with Gasteiger partial charge in [0.25, 0.3) is 0 Å². The smallest absolute Gasteiger partial charge is 0.342 e. The molecule has 2 aliphatic rings. The van der Waals surface area contributed by atoms with E-state index in [9.17, 15) is 9.90 Å². The summed E-state index contributed by atoms with van der Waals surface area (Å²) in [6.07, 6.45) is 9.80. The van der Waals surface area contributed by atoms with Gasteiger partial charge < -0.3 is 23.9 Å². The molecule has 2 fully saturated rings. The van der Waals surface area contributed by atoms with Gasteiger partial charge in [-0.05, 0) is 75.5 Å². The Balaban J connectivity index is 1.51. The van der Waals surface area contributed by atoms with E-state index in [2.05, 4.69) is 21.8 Å². The molecule has 8 heteroatoms. The Morgan fingerprint density at radius 3 is 2.57 bits per heavy atom. The molecule has 1 N–H and O–H groups in total. The number of pyridine rings is 1. The van der Waals surface area contributed by atoms with Crippen LogP contribution in [-0.2, 0) is 4.74 Å². The lowest BCUT2D eigenvalue weighted by Crippen LogP contribution is -2.46. The molecule has 1 unspecified atom stereocenters. The zero-order valence-electron chi connectivity index (χ0n) is 24.9. The van der Waals surface area contributed by atoms with Crippen molar-refractivity contribution in [2.24, 2.45) is 5.92 Å². The molecule has 0 radical (unpaired) electrons. The van der Waals surface area contributed by atoms with Gasteiger partial charge in [0.15, 0.2) is 0 Å². The Hall–Kier alpha value is -3.62. The van der Waals surface area contributed by atoms with Crippen molar-refractivity contribution in [3.8, 4) is 11.5 Å². The Bertz CT molecular complexity index is 1550. The number of nitrogens with zero attached hydrogens (tertiary/aromatic N) is 3. The molecule has 2 aromatic carbocycles. The average Bonchev–Trinajstić information content (AvgIpc) is 3.32. The van der Waals surface area contributed by atoms with E-state index in [1.54, 1.807) is 26.2 Å². The third kappa shape index (κ3) is 5.45. The highest BCUT2D eigenvalue weighted by Crippen LogP contribution is 2.48. The molecule has 1 saturated carbocycles. The van der Waals surface area contributed by atoms with Gasteiger partial charge in [-0.3, -0.25) is 9.88 Å². The number of esters is 1. The van der Waals surface area contributed by atoms with Crippen LogP contribution < -0.4 is 4.74 Å². The quantitative estimate of drug-likeness (QED) is 0.171. The van der Waals surface area contributed by atoms with Crippen LogP contribution in [0.4, 0.5) is 0 Å². The molecule has 0 amide bonds. The van der Waals surface area contributed by atoms with Crippen molar-refractivity contribution in [1.82, 2.24) is 14.8 Å². The van der Waals surface area contributed by atoms with Crippen LogP contribution in [0.15, 0.2) is 47.1 Å². The second-order valence-corrected chi connectivity index (χ2v) is 11.7. The first-order valence-electron chi connectivity index (χ1n) is 15.3. The van der Waals surface area contributed by atoms with Gasteiger partial charge in [-0.2, -0.15) is 0 Å². The topological polar surface area (TPSA) is 88.3 Å². The second kappa shape index (κ2) is 12.3. The number of aromatic nitrogens is 1. The Kier molecular flexibility index (Phi) is 8.36. The third-order valence-corrected chi connectivity index (χ3v) is 9.03. The minimum atomic E-state index is -0.455. The predicted octanol–water partition coefficient (Wildman–Crippen LogP) is 6.47. The minimum absolute atomic E-state index is 0.140. The van der Waals surface area contributed by atoms with E-state index in [0.717, 1.165) is 49.8 Å². The van der Waals surface area contributed by atoms with Gasteiger partial charge in [0.05, 0.1) is 19.3 Å². The number of fused-ring (bicyclic) bond motifs is 3. The van der Waals surface area contributed by atoms with Crippen LogP contribution in [-0.4, -0.2) is 72.3 Å². The van der Waals surface area contributed by atoms with Gasteiger partial charge >= 0.3 is 5.97 Å². The van der Waals surface area contributed by atoms with Crippen molar-refractivity contribution in [3.05, 3.63) is 65.2 Å². The zero-order valence-corrected chi connectivity index (χ0v) is 24.9. The van der Waals surface area contributed by atoms with Crippen LogP contribution in [0.1, 0.15) is 72.3 Å². The van der Waals surface area contributed by atoms with E-state index in [4.69, 9.17) is 13.9 Å². The monoisotopic (exact) mass is 571 g/mol. The fraction of sp³-hybridized carbons (Fsp3) is 0.471. The number of ether oxygens (including phenoxy) is 2. The highest BCUT2D eigenvalue weighted by atomic mass is 16.5. The SMILES string of the molecule is CCOC(=O)c1c(C)oc2c1c(C(c1ccncc1)N1CCN(C)CC1)c(O)c1ccc(OCCCC3CCC3)cc12. The first-order chi connectivity index (χ1) is 20.5. The van der Waals surface area contributed by atoms with E-state index in [-0.39, 0.29) is 18.4 Å². The molecule has 3 heterocycles. The third-order valence-electron chi connectivity index (χ3n) is 9.03. The Labute approximate surface area is 247 Å². The highest BCUT2D eigenvalue weighted by Gasteiger charge is 2.35. The van der Waals surface area contributed by atoms with Gasteiger partial charge in [-0.15, -0.1) is 0 Å². The van der Waals surface area contributed by atoms with Crippen LogP contribution in [0, 0.1) is 12.8 Å². The van der Waals surface area contributed by atoms with Crippen LogP contribution in [0.25, 0.3) is 21.7 Å². The van der Waals surface area contributed by atoms with Gasteiger partial charge in [0.2, 0.25) is 0 Å². The number of phenols is 1. The molecule has 1 atom stereocenters. The van der Waals surface area contributed by atoms with E-state index < -0.39 is 5.97 Å². The summed E-state index contributed by atoms with van der Waals surface area (Å²) in [5.74, 6) is 1.72. The van der Waals surface area contributed by atoms with E-state index in [1.165, 1.54) is 25.7 Å². The molecule has 1 aliphatic heterocycles. The first-order valence-corrected chi connectivity index (χ1v) is 15.3. The van der Waals surface area contributed by atoms with Crippen LogP contribution in [0.2, 0.25) is 0 Å². The van der Waals surface area contributed by atoms with E-state index >= 15 is 0 Å². The number of benzene rings is 2. The summed E-state index contributed by atoms with van der Waals surface area (Å²) in [7, 11) is 2.12. The number of carbonyl (C=O) groups is 1. The molecule has 8 nitrogen and oxygen atoms in total. The minimum Gasteiger partial charge on any atom is -0.507 e. The second-order valence-electron chi connectivity index (χ2n) is 11.7. The number of piperazine rings is 1. The van der Waals surface area contributed by atoms with Crippen molar-refractivity contribution < 1.29 is 23.8 Å². The van der Waals surface area contributed by atoms with Crippen LogP contribution >= 0.6 is 0 Å².